The lowest BCUT2D eigenvalue weighted by molar-refractivity contribution is -0.157. The summed E-state index contributed by atoms with van der Waals surface area (Å²) >= 11 is 0. The molecule has 0 aromatic rings. The van der Waals surface area contributed by atoms with Gasteiger partial charge in [-0.2, -0.15) is 0 Å². The van der Waals surface area contributed by atoms with Gasteiger partial charge in [0.1, 0.15) is 0 Å². The van der Waals surface area contributed by atoms with Crippen molar-refractivity contribution in [1.29, 1.82) is 0 Å². The largest absolute Gasteiger partial charge is 0.479 e. The average Bonchev–Trinajstić information content (AvgIpc) is 2.13. The van der Waals surface area contributed by atoms with Gasteiger partial charge in [-0.1, -0.05) is 6.92 Å². The number of aliphatic carboxylic acids is 1. The molecule has 0 unspecified atom stereocenters. The lowest BCUT2D eigenvalue weighted by Gasteiger charge is -1.99. The van der Waals surface area contributed by atoms with Crippen LogP contribution < -0.4 is 0 Å². The number of esters is 1. The molecule has 0 bridgehead atoms. The third-order valence-electron chi connectivity index (χ3n) is 1.50. The molecule has 4 nitrogen and oxygen atoms in total. The number of cyclic esters (lactones) is 1. The number of carboxylic acid groups (broad SMARTS) is 1. The first-order chi connectivity index (χ1) is 4.61. The molecule has 0 amide bonds. The van der Waals surface area contributed by atoms with Gasteiger partial charge in [-0.3, -0.25) is 4.79 Å². The Morgan fingerprint density at radius 2 is 2.40 bits per heavy atom. The number of hydrogen-bond acceptors (Lipinski definition) is 3. The van der Waals surface area contributed by atoms with Crippen LogP contribution in [0.25, 0.3) is 0 Å². The van der Waals surface area contributed by atoms with E-state index in [4.69, 9.17) is 5.11 Å². The van der Waals surface area contributed by atoms with Crippen molar-refractivity contribution in [2.45, 2.75) is 19.4 Å². The second-order valence-corrected chi connectivity index (χ2v) is 2.40. The molecule has 56 valence electrons. The topological polar surface area (TPSA) is 63.6 Å². The zero-order valence-corrected chi connectivity index (χ0v) is 5.53. The smallest absolute Gasteiger partial charge is 0.345 e. The zero-order chi connectivity index (χ0) is 7.72. The molecule has 2 atom stereocenters. The minimum atomic E-state index is -1.06. The van der Waals surface area contributed by atoms with Crippen LogP contribution in [-0.2, 0) is 14.3 Å². The summed E-state index contributed by atoms with van der Waals surface area (Å²) in [4.78, 5) is 20.8. The summed E-state index contributed by atoms with van der Waals surface area (Å²) < 4.78 is 4.50. The summed E-state index contributed by atoms with van der Waals surface area (Å²) in [5.74, 6) is -1.73. The van der Waals surface area contributed by atoms with Crippen molar-refractivity contribution < 1.29 is 19.4 Å². The molecule has 1 rings (SSSR count). The molecule has 0 radical (unpaired) electrons. The summed E-state index contributed by atoms with van der Waals surface area (Å²) in [6.07, 6.45) is -0.615. The first kappa shape index (κ1) is 7.05. The van der Waals surface area contributed by atoms with E-state index in [0.717, 1.165) is 0 Å². The van der Waals surface area contributed by atoms with E-state index in [9.17, 15) is 9.59 Å². The van der Waals surface area contributed by atoms with Gasteiger partial charge in [-0.05, 0) is 0 Å². The van der Waals surface area contributed by atoms with E-state index in [0.29, 0.717) is 6.42 Å². The molecule has 10 heavy (non-hydrogen) atoms. The molecule has 4 heteroatoms. The van der Waals surface area contributed by atoms with E-state index >= 15 is 0 Å². The van der Waals surface area contributed by atoms with Crippen LogP contribution in [0.15, 0.2) is 0 Å². The molecule has 1 aliphatic heterocycles. The lowest BCUT2D eigenvalue weighted by Crippen LogP contribution is -2.18. The van der Waals surface area contributed by atoms with Crippen molar-refractivity contribution in [2.75, 3.05) is 0 Å². The minimum absolute atomic E-state index is 0.263. The Kier molecular flexibility index (Phi) is 1.61. The molecule has 1 fully saturated rings. The maximum atomic E-state index is 10.6. The predicted octanol–water partition coefficient (Wildman–Crippen LogP) is 0.0226. The maximum absolute atomic E-state index is 10.6. The van der Waals surface area contributed by atoms with E-state index in [1.807, 2.05) is 0 Å². The summed E-state index contributed by atoms with van der Waals surface area (Å²) in [5.41, 5.74) is 0. The van der Waals surface area contributed by atoms with Crippen LogP contribution in [0, 0.1) is 5.92 Å². The van der Waals surface area contributed by atoms with E-state index in [1.54, 1.807) is 6.92 Å². The van der Waals surface area contributed by atoms with Crippen molar-refractivity contribution in [2.24, 2.45) is 5.92 Å². The van der Waals surface area contributed by atoms with Crippen molar-refractivity contribution in [3.8, 4) is 0 Å². The minimum Gasteiger partial charge on any atom is -0.479 e. The Hall–Kier alpha value is -1.06. The van der Waals surface area contributed by atoms with Crippen molar-refractivity contribution in [3.63, 3.8) is 0 Å². The van der Waals surface area contributed by atoms with Gasteiger partial charge in [-0.15, -0.1) is 0 Å². The molecule has 1 N–H and O–H groups in total. The Balaban J connectivity index is 2.57. The predicted molar refractivity (Wildman–Crippen MR) is 31.3 cm³/mol. The van der Waals surface area contributed by atoms with Gasteiger partial charge in [0.2, 0.25) is 0 Å². The Morgan fingerprint density at radius 1 is 1.80 bits per heavy atom. The molecule has 0 aromatic heterocycles. The number of rotatable bonds is 1. The van der Waals surface area contributed by atoms with Crippen molar-refractivity contribution in [3.05, 3.63) is 0 Å². The lowest BCUT2D eigenvalue weighted by atomic mass is 10.1. The van der Waals surface area contributed by atoms with E-state index < -0.39 is 18.0 Å². The molecule has 1 aliphatic rings. The van der Waals surface area contributed by atoms with Gasteiger partial charge < -0.3 is 9.84 Å². The summed E-state index contributed by atoms with van der Waals surface area (Å²) in [6.45, 7) is 1.66. The van der Waals surface area contributed by atoms with Gasteiger partial charge in [0, 0.05) is 6.42 Å². The van der Waals surface area contributed by atoms with Crippen LogP contribution in [0.5, 0.6) is 0 Å². The number of carbonyl (C=O) groups excluding carboxylic acids is 1. The summed E-state index contributed by atoms with van der Waals surface area (Å²) in [7, 11) is 0. The number of hydrogen-bond donors (Lipinski definition) is 1. The average molecular weight is 144 g/mol. The highest BCUT2D eigenvalue weighted by Crippen LogP contribution is 2.19. The Morgan fingerprint density at radius 3 is 2.60 bits per heavy atom. The van der Waals surface area contributed by atoms with E-state index in [2.05, 4.69) is 4.74 Å². The third kappa shape index (κ3) is 1.10. The fourth-order valence-electron chi connectivity index (χ4n) is 0.873. The summed E-state index contributed by atoms with van der Waals surface area (Å²) in [5, 5.41) is 8.37. The number of carbonyl (C=O) groups is 2. The Bertz CT molecular complexity index is 175. The van der Waals surface area contributed by atoms with Crippen LogP contribution in [0.2, 0.25) is 0 Å². The summed E-state index contributed by atoms with van der Waals surface area (Å²) in [6, 6.07) is 0. The second kappa shape index (κ2) is 2.28. The molecule has 0 spiro atoms. The molecule has 1 saturated heterocycles. The van der Waals surface area contributed by atoms with Gasteiger partial charge in [0.05, 0.1) is 5.92 Å². The highest BCUT2D eigenvalue weighted by atomic mass is 16.6. The van der Waals surface area contributed by atoms with Gasteiger partial charge in [0.15, 0.2) is 6.10 Å². The van der Waals surface area contributed by atoms with Crippen LogP contribution in [-0.4, -0.2) is 23.1 Å². The van der Waals surface area contributed by atoms with Gasteiger partial charge in [0.25, 0.3) is 0 Å². The normalized spacial score (nSPS) is 31.9. The maximum Gasteiger partial charge on any atom is 0.345 e. The highest BCUT2D eigenvalue weighted by molar-refractivity contribution is 5.82. The molecule has 0 aromatic carbocycles. The first-order valence-corrected chi connectivity index (χ1v) is 3.04. The monoisotopic (exact) mass is 144 g/mol. The molecular weight excluding hydrogens is 136 g/mol. The SMILES string of the molecule is C[C@@H]1C[C@@H](C(=O)O)OC1=O. The second-order valence-electron chi connectivity index (χ2n) is 2.40. The van der Waals surface area contributed by atoms with Crippen LogP contribution in [0.3, 0.4) is 0 Å². The number of ether oxygens (including phenoxy) is 1. The highest BCUT2D eigenvalue weighted by Gasteiger charge is 2.35. The molecular formula is C6H8O4. The van der Waals surface area contributed by atoms with Crippen LogP contribution in [0.4, 0.5) is 0 Å². The standard InChI is InChI=1S/C6H8O4/c1-3-2-4(5(7)8)10-6(3)9/h3-4H,2H2,1H3,(H,7,8)/t3-,4+/m1/s1. The van der Waals surface area contributed by atoms with Gasteiger partial charge >= 0.3 is 11.9 Å². The third-order valence-corrected chi connectivity index (χ3v) is 1.50. The van der Waals surface area contributed by atoms with Crippen LogP contribution in [0.1, 0.15) is 13.3 Å². The fourth-order valence-corrected chi connectivity index (χ4v) is 0.873. The molecule has 0 aliphatic carbocycles. The van der Waals surface area contributed by atoms with Crippen molar-refractivity contribution in [1.82, 2.24) is 0 Å². The Labute approximate surface area is 57.8 Å². The quantitative estimate of drug-likeness (QED) is 0.527. The van der Waals surface area contributed by atoms with Gasteiger partial charge in [-0.25, -0.2) is 4.79 Å². The fraction of sp³-hybridized carbons (Fsp3) is 0.667. The molecule has 1 heterocycles. The van der Waals surface area contributed by atoms with E-state index in [1.165, 1.54) is 0 Å². The molecule has 0 saturated carbocycles. The van der Waals surface area contributed by atoms with E-state index in [-0.39, 0.29) is 5.92 Å². The van der Waals surface area contributed by atoms with Crippen molar-refractivity contribution >= 4 is 11.9 Å². The first-order valence-electron chi connectivity index (χ1n) is 3.04. The number of carboxylic acids is 1. The zero-order valence-electron chi connectivity index (χ0n) is 5.53. The van der Waals surface area contributed by atoms with Crippen LogP contribution >= 0.6 is 0 Å².